The molecule has 2 aromatic rings. The summed E-state index contributed by atoms with van der Waals surface area (Å²) in [5.41, 5.74) is 3.33. The van der Waals surface area contributed by atoms with Crippen LogP contribution in [0.3, 0.4) is 0 Å². The van der Waals surface area contributed by atoms with Gasteiger partial charge in [0.25, 0.3) is 5.70 Å². The molecule has 1 aliphatic rings. The number of para-hydroxylation sites is 1. The third kappa shape index (κ3) is 7.44. The molecule has 186 valence electrons. The van der Waals surface area contributed by atoms with Crippen molar-refractivity contribution in [3.63, 3.8) is 0 Å². The van der Waals surface area contributed by atoms with E-state index in [0.717, 1.165) is 17.7 Å². The molecular formula is C28H27N7O2. The molecular weight excluding hydrogens is 466 g/mol. The second kappa shape index (κ2) is 13.1. The first-order chi connectivity index (χ1) is 17.9. The molecule has 1 aromatic heterocycles. The Bertz CT molecular complexity index is 1390. The number of hydrogen-bond donors (Lipinski definition) is 2. The number of nitrogens with one attached hydrogen (secondary N) is 2. The Hall–Kier alpha value is -5.10. The first kappa shape index (κ1) is 26.5. The number of nitriles is 1. The van der Waals surface area contributed by atoms with E-state index in [1.807, 2.05) is 54.6 Å². The van der Waals surface area contributed by atoms with Crippen LogP contribution in [0.2, 0.25) is 0 Å². The van der Waals surface area contributed by atoms with Crippen molar-refractivity contribution < 1.29 is 4.92 Å². The van der Waals surface area contributed by atoms with Gasteiger partial charge >= 0.3 is 0 Å². The lowest BCUT2D eigenvalue weighted by atomic mass is 10.1. The molecule has 3 rings (SSSR count). The number of anilines is 3. The van der Waals surface area contributed by atoms with E-state index in [1.165, 1.54) is 18.2 Å². The summed E-state index contributed by atoms with van der Waals surface area (Å²) >= 11 is 0. The Labute approximate surface area is 215 Å². The van der Waals surface area contributed by atoms with Crippen LogP contribution in [0.1, 0.15) is 24.5 Å². The summed E-state index contributed by atoms with van der Waals surface area (Å²) in [5, 5.41) is 35.9. The average molecular weight is 494 g/mol. The van der Waals surface area contributed by atoms with Crippen LogP contribution < -0.4 is 10.6 Å². The minimum Gasteiger partial charge on any atom is -0.365 e. The molecule has 0 saturated heterocycles. The zero-order chi connectivity index (χ0) is 26.6. The van der Waals surface area contributed by atoms with E-state index in [9.17, 15) is 15.4 Å². The second-order valence-corrected chi connectivity index (χ2v) is 7.95. The van der Waals surface area contributed by atoms with E-state index >= 15 is 0 Å². The topological polar surface area (TPSA) is 129 Å². The average Bonchev–Trinajstić information content (AvgIpc) is 3.17. The number of pyridine rings is 1. The summed E-state index contributed by atoms with van der Waals surface area (Å²) in [5.74, 6) is 0.831. The first-order valence-electron chi connectivity index (χ1n) is 11.5. The van der Waals surface area contributed by atoms with E-state index in [0.29, 0.717) is 35.0 Å². The molecule has 0 atom stereocenters. The number of allylic oxidation sites excluding steroid dienone is 8. The molecule has 0 saturated carbocycles. The predicted octanol–water partition coefficient (Wildman–Crippen LogP) is 7.19. The Morgan fingerprint density at radius 2 is 2.03 bits per heavy atom. The highest BCUT2D eigenvalue weighted by Crippen LogP contribution is 2.36. The zero-order valence-corrected chi connectivity index (χ0v) is 20.7. The van der Waals surface area contributed by atoms with E-state index in [1.54, 1.807) is 13.8 Å². The van der Waals surface area contributed by atoms with Crippen LogP contribution in [-0.2, 0) is 0 Å². The molecule has 1 heterocycles. The highest BCUT2D eigenvalue weighted by Gasteiger charge is 2.18. The normalized spacial score (nSPS) is 13.3. The molecule has 1 aliphatic carbocycles. The molecule has 0 radical (unpaired) electrons. The number of benzene rings is 1. The lowest BCUT2D eigenvalue weighted by Gasteiger charge is -2.16. The van der Waals surface area contributed by atoms with Crippen LogP contribution in [0, 0.1) is 28.4 Å². The van der Waals surface area contributed by atoms with Crippen molar-refractivity contribution in [1.29, 1.82) is 5.26 Å². The van der Waals surface area contributed by atoms with Crippen molar-refractivity contribution in [2.24, 2.45) is 10.2 Å². The smallest absolute Gasteiger partial charge is 0.265 e. The highest BCUT2D eigenvalue weighted by atomic mass is 16.6. The monoisotopic (exact) mass is 493 g/mol. The standard InChI is InChI=1S/C28H27N7O2/c1-4-24(35(36)37)17-16-20(2)33-34-26-21(3)25(18-29)27(30-19-22-12-8-5-6-9-13-22)32-28(26)31-23-14-10-7-11-15-23/h4-12,14-17H,2,13,19H2,1,3H3,(H2,30,31,32)/b17-16-,24-4+,34-33?. The molecule has 0 amide bonds. The molecule has 0 spiro atoms. The lowest BCUT2D eigenvalue weighted by Crippen LogP contribution is -2.10. The third-order valence-corrected chi connectivity index (χ3v) is 5.35. The molecule has 0 unspecified atom stereocenters. The van der Waals surface area contributed by atoms with Crippen molar-refractivity contribution in [1.82, 2.24) is 4.98 Å². The maximum absolute atomic E-state index is 11.0. The fourth-order valence-electron chi connectivity index (χ4n) is 3.37. The van der Waals surface area contributed by atoms with Gasteiger partial charge in [-0.1, -0.05) is 55.2 Å². The molecule has 1 aromatic carbocycles. The van der Waals surface area contributed by atoms with Gasteiger partial charge in [-0.15, -0.1) is 5.11 Å². The molecule has 0 aliphatic heterocycles. The lowest BCUT2D eigenvalue weighted by molar-refractivity contribution is -0.419. The van der Waals surface area contributed by atoms with Crippen LogP contribution in [0.25, 0.3) is 0 Å². The van der Waals surface area contributed by atoms with Crippen molar-refractivity contribution in [2.45, 2.75) is 20.3 Å². The van der Waals surface area contributed by atoms with E-state index in [4.69, 9.17) is 0 Å². The van der Waals surface area contributed by atoms with Crippen molar-refractivity contribution in [3.05, 3.63) is 124 Å². The number of rotatable bonds is 10. The SMILES string of the molecule is C=C(/C=C\C(=C/C)[N+](=O)[O-])N=Nc1c(Nc2ccccc2)nc(NCC2=CC=CC=CC2)c(C#N)c1C. The molecule has 0 fully saturated rings. The van der Waals surface area contributed by atoms with Crippen LogP contribution in [-0.4, -0.2) is 16.5 Å². The van der Waals surface area contributed by atoms with Crippen LogP contribution in [0.4, 0.5) is 23.0 Å². The summed E-state index contributed by atoms with van der Waals surface area (Å²) < 4.78 is 0. The van der Waals surface area contributed by atoms with Gasteiger partial charge in [0.2, 0.25) is 0 Å². The fourth-order valence-corrected chi connectivity index (χ4v) is 3.37. The minimum absolute atomic E-state index is 0.0856. The van der Waals surface area contributed by atoms with Gasteiger partial charge in [-0.25, -0.2) is 4.98 Å². The van der Waals surface area contributed by atoms with E-state index in [-0.39, 0.29) is 11.4 Å². The van der Waals surface area contributed by atoms with Crippen LogP contribution in [0.15, 0.2) is 113 Å². The largest absolute Gasteiger partial charge is 0.365 e. The summed E-state index contributed by atoms with van der Waals surface area (Å²) in [7, 11) is 0. The van der Waals surface area contributed by atoms with Crippen molar-refractivity contribution in [3.8, 4) is 6.07 Å². The maximum atomic E-state index is 11.0. The van der Waals surface area contributed by atoms with Gasteiger partial charge in [0.15, 0.2) is 5.82 Å². The Kier molecular flexibility index (Phi) is 9.39. The molecule has 2 N–H and O–H groups in total. The van der Waals surface area contributed by atoms with Gasteiger partial charge < -0.3 is 10.6 Å². The Morgan fingerprint density at radius 1 is 1.24 bits per heavy atom. The van der Waals surface area contributed by atoms with Gasteiger partial charge in [0, 0.05) is 23.9 Å². The first-order valence-corrected chi connectivity index (χ1v) is 11.5. The third-order valence-electron chi connectivity index (χ3n) is 5.35. The molecule has 37 heavy (non-hydrogen) atoms. The molecule has 9 heteroatoms. The Balaban J connectivity index is 1.97. The van der Waals surface area contributed by atoms with Gasteiger partial charge in [0.1, 0.15) is 17.6 Å². The summed E-state index contributed by atoms with van der Waals surface area (Å²) in [6.07, 6.45) is 14.9. The van der Waals surface area contributed by atoms with Gasteiger partial charge in [-0.3, -0.25) is 10.1 Å². The number of azo groups is 1. The van der Waals surface area contributed by atoms with E-state index < -0.39 is 4.92 Å². The predicted molar refractivity (Wildman–Crippen MR) is 146 cm³/mol. The minimum atomic E-state index is -0.501. The number of nitro groups is 1. The molecule has 0 bridgehead atoms. The molecule has 9 nitrogen and oxygen atoms in total. The number of aromatic nitrogens is 1. The quantitative estimate of drug-likeness (QED) is 0.156. The number of nitrogens with zero attached hydrogens (tertiary/aromatic N) is 5. The van der Waals surface area contributed by atoms with Crippen molar-refractivity contribution in [2.75, 3.05) is 17.2 Å². The van der Waals surface area contributed by atoms with E-state index in [2.05, 4.69) is 44.6 Å². The van der Waals surface area contributed by atoms with Crippen molar-refractivity contribution >= 4 is 23.0 Å². The van der Waals surface area contributed by atoms with Crippen LogP contribution in [0.5, 0.6) is 0 Å². The van der Waals surface area contributed by atoms with Gasteiger partial charge in [-0.05, 0) is 50.1 Å². The number of hydrogen-bond acceptors (Lipinski definition) is 8. The summed E-state index contributed by atoms with van der Waals surface area (Å²) in [4.78, 5) is 15.2. The summed E-state index contributed by atoms with van der Waals surface area (Å²) in [6, 6.07) is 11.7. The maximum Gasteiger partial charge on any atom is 0.265 e. The fraction of sp³-hybridized carbons (Fsp3) is 0.143. The second-order valence-electron chi connectivity index (χ2n) is 7.95. The zero-order valence-electron chi connectivity index (χ0n) is 20.7. The summed E-state index contributed by atoms with van der Waals surface area (Å²) in [6.45, 7) is 7.66. The Morgan fingerprint density at radius 3 is 2.73 bits per heavy atom. The van der Waals surface area contributed by atoms with Crippen LogP contribution >= 0.6 is 0 Å². The van der Waals surface area contributed by atoms with Gasteiger partial charge in [-0.2, -0.15) is 10.4 Å². The highest BCUT2D eigenvalue weighted by molar-refractivity contribution is 5.77. The van der Waals surface area contributed by atoms with Gasteiger partial charge in [0.05, 0.1) is 16.2 Å².